The van der Waals surface area contributed by atoms with E-state index in [9.17, 15) is 14.9 Å². The molecule has 2 amide bonds. The first kappa shape index (κ1) is 27.2. The third kappa shape index (κ3) is 6.10. The Morgan fingerprint density at radius 1 is 1.18 bits per heavy atom. The van der Waals surface area contributed by atoms with Gasteiger partial charge in [0.1, 0.15) is 5.60 Å². The molecule has 3 N–H and O–H groups in total. The van der Waals surface area contributed by atoms with Crippen molar-refractivity contribution in [2.24, 2.45) is 0 Å². The molecule has 0 radical (unpaired) electrons. The number of hydrogen-bond acceptors (Lipinski definition) is 7. The molecule has 0 aliphatic heterocycles. The lowest BCUT2D eigenvalue weighted by Crippen LogP contribution is -2.33. The number of alkyl carbamates (subject to hydrolysis) is 1. The van der Waals surface area contributed by atoms with Crippen molar-refractivity contribution in [3.8, 4) is 17.3 Å². The van der Waals surface area contributed by atoms with Gasteiger partial charge in [-0.3, -0.25) is 9.20 Å². The number of ether oxygens (including phenoxy) is 1. The maximum Gasteiger partial charge on any atom is 0.407 e. The topological polar surface area (TPSA) is 133 Å². The van der Waals surface area contributed by atoms with Crippen LogP contribution < -0.4 is 16.0 Å². The van der Waals surface area contributed by atoms with Crippen LogP contribution in [0.25, 0.3) is 27.9 Å². The molecule has 0 bridgehead atoms. The van der Waals surface area contributed by atoms with E-state index in [1.54, 1.807) is 30.5 Å². The van der Waals surface area contributed by atoms with E-state index in [0.717, 1.165) is 29.6 Å². The molecule has 5 rings (SSSR count). The lowest BCUT2D eigenvalue weighted by atomic mass is 10.1. The van der Waals surface area contributed by atoms with Crippen LogP contribution >= 0.6 is 11.6 Å². The molecule has 0 atom stereocenters. The van der Waals surface area contributed by atoms with Crippen molar-refractivity contribution in [3.05, 3.63) is 58.7 Å². The number of nitrogens with one attached hydrogen (secondary N) is 3. The molecule has 2 aromatic carbocycles. The highest BCUT2D eigenvalue weighted by molar-refractivity contribution is 6.34. The number of fused-ring (bicyclic) bond motifs is 3. The lowest BCUT2D eigenvalue weighted by molar-refractivity contribution is 0.0527. The van der Waals surface area contributed by atoms with Crippen LogP contribution in [0.15, 0.2) is 42.6 Å². The molecule has 0 spiro atoms. The average molecular weight is 560 g/mol. The number of nitriles is 1. The summed E-state index contributed by atoms with van der Waals surface area (Å²) in [5.41, 5.74) is 3.89. The van der Waals surface area contributed by atoms with Gasteiger partial charge < -0.3 is 20.7 Å². The quantitative estimate of drug-likeness (QED) is 0.250. The fourth-order valence-corrected chi connectivity index (χ4v) is 4.54. The first-order valence-electron chi connectivity index (χ1n) is 13.2. The van der Waals surface area contributed by atoms with Crippen molar-refractivity contribution in [2.75, 3.05) is 18.4 Å². The molecule has 2 aromatic heterocycles. The van der Waals surface area contributed by atoms with Gasteiger partial charge in [0.2, 0.25) is 0 Å². The highest BCUT2D eigenvalue weighted by Gasteiger charge is 2.25. The second-order valence-electron chi connectivity index (χ2n) is 10.7. The van der Waals surface area contributed by atoms with Crippen LogP contribution in [0, 0.1) is 11.3 Å². The van der Waals surface area contributed by atoms with Crippen molar-refractivity contribution in [1.82, 2.24) is 25.0 Å². The Bertz CT molecular complexity index is 1650. The molecule has 11 heteroatoms. The van der Waals surface area contributed by atoms with Gasteiger partial charge in [-0.15, -0.1) is 0 Å². The van der Waals surface area contributed by atoms with E-state index < -0.39 is 11.7 Å². The van der Waals surface area contributed by atoms with Gasteiger partial charge in [0.25, 0.3) is 5.91 Å². The summed E-state index contributed by atoms with van der Waals surface area (Å²) in [6.07, 6.45) is 3.88. The first-order valence-corrected chi connectivity index (χ1v) is 13.5. The highest BCUT2D eigenvalue weighted by Crippen LogP contribution is 2.31. The Labute approximate surface area is 236 Å². The summed E-state index contributed by atoms with van der Waals surface area (Å²) in [4.78, 5) is 33.9. The number of hydrogen-bond donors (Lipinski definition) is 3. The van der Waals surface area contributed by atoms with Crippen LogP contribution in [0.3, 0.4) is 0 Å². The van der Waals surface area contributed by atoms with Gasteiger partial charge in [0.05, 0.1) is 45.1 Å². The fraction of sp³-hybridized carbons (Fsp3) is 0.345. The molecule has 1 aliphatic carbocycles. The zero-order valence-electron chi connectivity index (χ0n) is 22.5. The first-order chi connectivity index (χ1) is 19.1. The van der Waals surface area contributed by atoms with Crippen LogP contribution in [0.2, 0.25) is 5.02 Å². The van der Waals surface area contributed by atoms with Crippen molar-refractivity contribution in [3.63, 3.8) is 0 Å². The minimum Gasteiger partial charge on any atom is -0.444 e. The molecular formula is C29H30ClN7O3. The number of rotatable bonds is 8. The van der Waals surface area contributed by atoms with Crippen molar-refractivity contribution < 1.29 is 14.3 Å². The Hall–Kier alpha value is -4.36. The third-order valence-corrected chi connectivity index (χ3v) is 6.60. The Balaban J connectivity index is 1.42. The van der Waals surface area contributed by atoms with Gasteiger partial charge in [-0.1, -0.05) is 17.7 Å². The fourth-order valence-electron chi connectivity index (χ4n) is 4.28. The summed E-state index contributed by atoms with van der Waals surface area (Å²) in [6, 6.07) is 13.0. The predicted octanol–water partition coefficient (Wildman–Crippen LogP) is 5.29. The van der Waals surface area contributed by atoms with Crippen LogP contribution in [0.1, 0.15) is 56.0 Å². The number of benzene rings is 2. The Kier molecular flexibility index (Phi) is 7.50. The second kappa shape index (κ2) is 11.0. The molecule has 0 saturated heterocycles. The van der Waals surface area contributed by atoms with Crippen molar-refractivity contribution in [1.29, 1.82) is 5.26 Å². The zero-order valence-corrected chi connectivity index (χ0v) is 23.3. The summed E-state index contributed by atoms with van der Waals surface area (Å²) >= 11 is 6.55. The summed E-state index contributed by atoms with van der Waals surface area (Å²) < 4.78 is 7.23. The smallest absolute Gasteiger partial charge is 0.407 e. The number of nitrogens with zero attached hydrogens (tertiary/aromatic N) is 4. The number of aromatic nitrogens is 3. The van der Waals surface area contributed by atoms with Gasteiger partial charge >= 0.3 is 6.09 Å². The maximum atomic E-state index is 12.6. The monoisotopic (exact) mass is 559 g/mol. The summed E-state index contributed by atoms with van der Waals surface area (Å²) in [6.45, 7) is 6.38. The van der Waals surface area contributed by atoms with E-state index in [1.165, 1.54) is 0 Å². The third-order valence-electron chi connectivity index (χ3n) is 6.29. The molecular weight excluding hydrogens is 530 g/mol. The number of imidazole rings is 1. The summed E-state index contributed by atoms with van der Waals surface area (Å²) in [5, 5.41) is 18.8. The van der Waals surface area contributed by atoms with Gasteiger partial charge in [-0.05, 0) is 70.4 Å². The van der Waals surface area contributed by atoms with Crippen molar-refractivity contribution in [2.45, 2.75) is 51.7 Å². The lowest BCUT2D eigenvalue weighted by Gasteiger charge is -2.19. The van der Waals surface area contributed by atoms with E-state index in [2.05, 4.69) is 27.0 Å². The molecule has 1 fully saturated rings. The van der Waals surface area contributed by atoms with Gasteiger partial charge in [-0.25, -0.2) is 14.8 Å². The Morgan fingerprint density at radius 3 is 2.67 bits per heavy atom. The molecule has 4 aromatic rings. The number of carbonyl (C=O) groups excluding carboxylic acids is 2. The van der Waals surface area contributed by atoms with E-state index in [4.69, 9.17) is 21.3 Å². The number of carbonyl (C=O) groups is 2. The number of anilines is 1. The molecule has 1 saturated carbocycles. The molecule has 2 heterocycles. The van der Waals surface area contributed by atoms with Crippen LogP contribution in [0.5, 0.6) is 0 Å². The molecule has 206 valence electrons. The Morgan fingerprint density at radius 2 is 1.98 bits per heavy atom. The minimum atomic E-state index is -0.558. The van der Waals surface area contributed by atoms with Gasteiger partial charge in [0, 0.05) is 24.7 Å². The second-order valence-corrected chi connectivity index (χ2v) is 11.1. The van der Waals surface area contributed by atoms with E-state index in [1.807, 2.05) is 37.3 Å². The van der Waals surface area contributed by atoms with E-state index >= 15 is 0 Å². The average Bonchev–Trinajstić information content (AvgIpc) is 3.60. The maximum absolute atomic E-state index is 12.6. The van der Waals surface area contributed by atoms with Crippen LogP contribution in [-0.4, -0.2) is 51.1 Å². The van der Waals surface area contributed by atoms with E-state index in [0.29, 0.717) is 52.6 Å². The largest absolute Gasteiger partial charge is 0.444 e. The van der Waals surface area contributed by atoms with Gasteiger partial charge in [0.15, 0.2) is 11.5 Å². The van der Waals surface area contributed by atoms with Crippen LogP contribution in [0.4, 0.5) is 10.6 Å². The van der Waals surface area contributed by atoms with Gasteiger partial charge in [-0.2, -0.15) is 5.26 Å². The number of amides is 2. The number of halogens is 1. The normalized spacial score (nSPS) is 13.2. The zero-order chi connectivity index (χ0) is 28.4. The molecule has 10 nitrogen and oxygen atoms in total. The van der Waals surface area contributed by atoms with Crippen LogP contribution in [-0.2, 0) is 4.74 Å². The summed E-state index contributed by atoms with van der Waals surface area (Å²) in [5.74, 6) is 0.362. The van der Waals surface area contributed by atoms with Crippen molar-refractivity contribution >= 4 is 46.1 Å². The molecule has 40 heavy (non-hydrogen) atoms. The predicted molar refractivity (Wildman–Crippen MR) is 153 cm³/mol. The molecule has 0 unspecified atom stereocenters. The summed E-state index contributed by atoms with van der Waals surface area (Å²) in [7, 11) is 0. The SMILES string of the molecule is CC(C)(C)OC(=O)NCCCNc1nc2cc(C#N)ccc2n2c(-c3ccc(C(=O)NC4CC4)c(Cl)c3)cnc12. The molecule has 1 aliphatic rings. The standard InChI is InChI=1S/C29H30ClN7O3/c1-29(2,3)40-28(39)33-12-4-11-32-25-26-34-16-24(37(26)23-10-5-17(15-31)13-22(23)36-25)18-6-9-20(21(30)14-18)27(38)35-19-7-8-19/h5-6,9-10,13-14,16,19H,4,7-8,11-12H2,1-3H3,(H,32,36)(H,33,39)(H,35,38). The van der Waals surface area contributed by atoms with E-state index in [-0.39, 0.29) is 11.9 Å². The highest BCUT2D eigenvalue weighted by atomic mass is 35.5. The minimum absolute atomic E-state index is 0.177.